The standard InChI is InChI=1S/C13H24/c1-11(2)13-8-4-3-6-12(10-13)7-5-9-13/h11-12H,3-10H2,1-2H3. The zero-order valence-corrected chi connectivity index (χ0v) is 9.31. The lowest BCUT2D eigenvalue weighted by molar-refractivity contribution is 0.0818. The van der Waals surface area contributed by atoms with E-state index in [1.165, 1.54) is 44.9 Å². The molecule has 2 aliphatic carbocycles. The summed E-state index contributed by atoms with van der Waals surface area (Å²) in [4.78, 5) is 0. The molecule has 0 saturated heterocycles. The van der Waals surface area contributed by atoms with Crippen molar-refractivity contribution in [2.24, 2.45) is 17.3 Å². The highest BCUT2D eigenvalue weighted by atomic mass is 14.4. The molecule has 2 unspecified atom stereocenters. The molecule has 0 heteroatoms. The Bertz CT molecular complexity index is 171. The Balaban J connectivity index is 2.14. The van der Waals surface area contributed by atoms with Gasteiger partial charge in [0.05, 0.1) is 0 Å². The van der Waals surface area contributed by atoms with Gasteiger partial charge in [-0.25, -0.2) is 0 Å². The molecular formula is C13H24. The van der Waals surface area contributed by atoms with Gasteiger partial charge in [-0.1, -0.05) is 46.0 Å². The summed E-state index contributed by atoms with van der Waals surface area (Å²) >= 11 is 0. The largest absolute Gasteiger partial charge is 0.0622 e. The number of rotatable bonds is 1. The Kier molecular flexibility index (Phi) is 2.67. The molecule has 2 saturated carbocycles. The fourth-order valence-electron chi connectivity index (χ4n) is 3.72. The van der Waals surface area contributed by atoms with Crippen LogP contribution in [-0.2, 0) is 0 Å². The van der Waals surface area contributed by atoms with Gasteiger partial charge in [-0.2, -0.15) is 0 Å². The summed E-state index contributed by atoms with van der Waals surface area (Å²) < 4.78 is 0. The van der Waals surface area contributed by atoms with Crippen molar-refractivity contribution in [2.75, 3.05) is 0 Å². The van der Waals surface area contributed by atoms with Gasteiger partial charge < -0.3 is 0 Å². The third-order valence-corrected chi connectivity index (χ3v) is 4.74. The Hall–Kier alpha value is 0. The van der Waals surface area contributed by atoms with Gasteiger partial charge in [-0.3, -0.25) is 0 Å². The summed E-state index contributed by atoms with van der Waals surface area (Å²) in [5, 5.41) is 0. The molecule has 0 N–H and O–H groups in total. The second kappa shape index (κ2) is 3.63. The van der Waals surface area contributed by atoms with Crippen LogP contribution in [0.2, 0.25) is 0 Å². The van der Waals surface area contributed by atoms with Crippen molar-refractivity contribution < 1.29 is 0 Å². The molecule has 0 amide bonds. The summed E-state index contributed by atoms with van der Waals surface area (Å²) in [6.45, 7) is 4.90. The van der Waals surface area contributed by atoms with Crippen LogP contribution in [-0.4, -0.2) is 0 Å². The SMILES string of the molecule is CC(C)C12CCCCC(CCC1)C2. The van der Waals surface area contributed by atoms with Gasteiger partial charge in [-0.15, -0.1) is 0 Å². The van der Waals surface area contributed by atoms with Crippen LogP contribution in [0.15, 0.2) is 0 Å². The molecule has 0 heterocycles. The Morgan fingerprint density at radius 1 is 1.00 bits per heavy atom. The first-order valence-corrected chi connectivity index (χ1v) is 6.23. The third-order valence-electron chi connectivity index (χ3n) is 4.74. The average molecular weight is 180 g/mol. The zero-order chi connectivity index (χ0) is 9.31. The molecule has 0 aromatic heterocycles. The fourth-order valence-corrected chi connectivity index (χ4v) is 3.72. The van der Waals surface area contributed by atoms with Crippen molar-refractivity contribution in [1.29, 1.82) is 0 Å². The molecular weight excluding hydrogens is 156 g/mol. The minimum Gasteiger partial charge on any atom is -0.0622 e. The van der Waals surface area contributed by atoms with Gasteiger partial charge in [0.25, 0.3) is 0 Å². The highest BCUT2D eigenvalue weighted by Crippen LogP contribution is 2.51. The van der Waals surface area contributed by atoms with Crippen molar-refractivity contribution in [2.45, 2.75) is 65.2 Å². The van der Waals surface area contributed by atoms with Crippen LogP contribution >= 0.6 is 0 Å². The number of hydrogen-bond acceptors (Lipinski definition) is 0. The molecule has 13 heavy (non-hydrogen) atoms. The minimum absolute atomic E-state index is 0.763. The topological polar surface area (TPSA) is 0 Å². The second-order valence-electron chi connectivity index (χ2n) is 5.73. The van der Waals surface area contributed by atoms with Crippen LogP contribution in [0.4, 0.5) is 0 Å². The summed E-state index contributed by atoms with van der Waals surface area (Å²) in [6.07, 6.45) is 12.2. The molecule has 2 aliphatic rings. The average Bonchev–Trinajstić information content (AvgIpc) is 2.26. The van der Waals surface area contributed by atoms with Crippen molar-refractivity contribution in [3.63, 3.8) is 0 Å². The molecule has 0 aromatic carbocycles. The highest BCUT2D eigenvalue weighted by Gasteiger charge is 2.39. The molecule has 0 spiro atoms. The van der Waals surface area contributed by atoms with Crippen LogP contribution in [0.25, 0.3) is 0 Å². The smallest absolute Gasteiger partial charge is 0.0272 e. The normalized spacial score (nSPS) is 40.4. The second-order valence-corrected chi connectivity index (χ2v) is 5.73. The molecule has 2 fully saturated rings. The maximum atomic E-state index is 2.45. The zero-order valence-electron chi connectivity index (χ0n) is 9.31. The molecule has 0 nitrogen and oxygen atoms in total. The lowest BCUT2D eigenvalue weighted by Crippen LogP contribution is -2.32. The minimum atomic E-state index is 0.763. The van der Waals surface area contributed by atoms with Crippen LogP contribution in [0, 0.1) is 17.3 Å². The lowest BCUT2D eigenvalue weighted by Gasteiger charge is -2.43. The Morgan fingerprint density at radius 2 is 1.69 bits per heavy atom. The summed E-state index contributed by atoms with van der Waals surface area (Å²) in [5.41, 5.74) is 0.763. The van der Waals surface area contributed by atoms with Gasteiger partial charge in [-0.05, 0) is 36.5 Å². The quantitative estimate of drug-likeness (QED) is 0.561. The monoisotopic (exact) mass is 180 g/mol. The van der Waals surface area contributed by atoms with E-state index in [0.717, 1.165) is 17.3 Å². The van der Waals surface area contributed by atoms with E-state index < -0.39 is 0 Å². The third kappa shape index (κ3) is 1.78. The highest BCUT2D eigenvalue weighted by molar-refractivity contribution is 4.90. The molecule has 0 aromatic rings. The van der Waals surface area contributed by atoms with Crippen molar-refractivity contribution in [3.8, 4) is 0 Å². The predicted octanol–water partition coefficient (Wildman–Crippen LogP) is 4.39. The molecule has 76 valence electrons. The van der Waals surface area contributed by atoms with Gasteiger partial charge in [0, 0.05) is 0 Å². The van der Waals surface area contributed by atoms with E-state index in [1.807, 2.05) is 0 Å². The van der Waals surface area contributed by atoms with E-state index in [-0.39, 0.29) is 0 Å². The van der Waals surface area contributed by atoms with Crippen molar-refractivity contribution >= 4 is 0 Å². The summed E-state index contributed by atoms with van der Waals surface area (Å²) in [5.74, 6) is 2.02. The maximum Gasteiger partial charge on any atom is -0.0272 e. The predicted molar refractivity (Wildman–Crippen MR) is 57.7 cm³/mol. The van der Waals surface area contributed by atoms with Gasteiger partial charge >= 0.3 is 0 Å². The Labute approximate surface area is 83.1 Å². The van der Waals surface area contributed by atoms with E-state index in [2.05, 4.69) is 13.8 Å². The summed E-state index contributed by atoms with van der Waals surface area (Å²) in [7, 11) is 0. The van der Waals surface area contributed by atoms with E-state index in [9.17, 15) is 0 Å². The van der Waals surface area contributed by atoms with Gasteiger partial charge in [0.1, 0.15) is 0 Å². The first kappa shape index (κ1) is 9.55. The Morgan fingerprint density at radius 3 is 2.46 bits per heavy atom. The van der Waals surface area contributed by atoms with Crippen LogP contribution < -0.4 is 0 Å². The number of fused-ring (bicyclic) bond motifs is 2. The molecule has 0 aliphatic heterocycles. The molecule has 2 atom stereocenters. The maximum absolute atomic E-state index is 2.45. The van der Waals surface area contributed by atoms with E-state index in [0.29, 0.717) is 0 Å². The van der Waals surface area contributed by atoms with Gasteiger partial charge in [0.2, 0.25) is 0 Å². The van der Waals surface area contributed by atoms with E-state index in [4.69, 9.17) is 0 Å². The van der Waals surface area contributed by atoms with E-state index in [1.54, 1.807) is 6.42 Å². The van der Waals surface area contributed by atoms with Crippen LogP contribution in [0.5, 0.6) is 0 Å². The van der Waals surface area contributed by atoms with Crippen LogP contribution in [0.3, 0.4) is 0 Å². The molecule has 2 bridgehead atoms. The first-order chi connectivity index (χ1) is 6.23. The molecule has 0 radical (unpaired) electrons. The number of hydrogen-bond donors (Lipinski definition) is 0. The van der Waals surface area contributed by atoms with Crippen molar-refractivity contribution in [1.82, 2.24) is 0 Å². The fraction of sp³-hybridized carbons (Fsp3) is 1.00. The van der Waals surface area contributed by atoms with Crippen LogP contribution in [0.1, 0.15) is 65.2 Å². The van der Waals surface area contributed by atoms with Gasteiger partial charge in [0.15, 0.2) is 0 Å². The first-order valence-electron chi connectivity index (χ1n) is 6.23. The summed E-state index contributed by atoms with van der Waals surface area (Å²) in [6, 6.07) is 0. The lowest BCUT2D eigenvalue weighted by atomic mass is 9.63. The van der Waals surface area contributed by atoms with E-state index >= 15 is 0 Å². The van der Waals surface area contributed by atoms with Crippen molar-refractivity contribution in [3.05, 3.63) is 0 Å². The molecule has 2 rings (SSSR count).